The van der Waals surface area contributed by atoms with Gasteiger partial charge in [-0.15, -0.1) is 0 Å². The van der Waals surface area contributed by atoms with Crippen LogP contribution >= 0.6 is 0 Å². The first kappa shape index (κ1) is 17.4. The van der Waals surface area contributed by atoms with Crippen molar-refractivity contribution in [1.82, 2.24) is 0 Å². The largest absolute Gasteiger partial charge is 0.478 e. The Morgan fingerprint density at radius 2 is 1.27 bits per heavy atom. The smallest absolute Gasteiger partial charge is 0.343 e. The lowest BCUT2D eigenvalue weighted by Crippen LogP contribution is -2.11. The third-order valence-electron chi connectivity index (χ3n) is 4.36. The molecular weight excluding hydrogens is 328 g/mol. The Bertz CT molecular complexity index is 975. The number of carbonyl (C=O) groups is 2. The van der Waals surface area contributed by atoms with E-state index >= 15 is 0 Å². The highest BCUT2D eigenvalue weighted by atomic mass is 16.5. The zero-order valence-corrected chi connectivity index (χ0v) is 14.5. The maximum atomic E-state index is 12.6. The number of rotatable bonds is 4. The van der Waals surface area contributed by atoms with Crippen LogP contribution in [0.15, 0.2) is 66.7 Å². The van der Waals surface area contributed by atoms with Crippen molar-refractivity contribution in [2.75, 3.05) is 0 Å². The molecule has 1 N–H and O–H groups in total. The molecule has 0 amide bonds. The molecule has 0 radical (unpaired) electrons. The zero-order valence-electron chi connectivity index (χ0n) is 14.5. The van der Waals surface area contributed by atoms with Gasteiger partial charge in [-0.2, -0.15) is 0 Å². The monoisotopic (exact) mass is 346 g/mol. The number of carboxylic acid groups (broad SMARTS) is 1. The number of aromatic carboxylic acids is 1. The van der Waals surface area contributed by atoms with Crippen LogP contribution in [0, 0.1) is 13.8 Å². The Kier molecular flexibility index (Phi) is 4.85. The van der Waals surface area contributed by atoms with Crippen LogP contribution in [-0.4, -0.2) is 17.0 Å². The molecule has 4 heteroatoms. The van der Waals surface area contributed by atoms with Gasteiger partial charge in [-0.25, -0.2) is 9.59 Å². The molecule has 0 aliphatic heterocycles. The Morgan fingerprint density at radius 3 is 1.85 bits per heavy atom. The number of benzene rings is 3. The van der Waals surface area contributed by atoms with E-state index in [1.807, 2.05) is 25.1 Å². The van der Waals surface area contributed by atoms with E-state index in [4.69, 9.17) is 4.74 Å². The van der Waals surface area contributed by atoms with Gasteiger partial charge in [0, 0.05) is 0 Å². The van der Waals surface area contributed by atoms with Crippen LogP contribution in [0.2, 0.25) is 0 Å². The van der Waals surface area contributed by atoms with Crippen molar-refractivity contribution < 1.29 is 19.4 Å². The van der Waals surface area contributed by atoms with Gasteiger partial charge in [-0.3, -0.25) is 0 Å². The fraction of sp³-hybridized carbons (Fsp3) is 0.0909. The van der Waals surface area contributed by atoms with Crippen molar-refractivity contribution in [1.29, 1.82) is 0 Å². The van der Waals surface area contributed by atoms with E-state index in [1.165, 1.54) is 0 Å². The first-order valence-electron chi connectivity index (χ1n) is 8.19. The standard InChI is InChI=1S/C22H18O4/c1-14-17(10-6-12-19(14)21(23)24)18-11-7-13-20(15(18)2)22(25)26-16-8-4-3-5-9-16/h3-13H,1-2H3,(H,23,24). The summed E-state index contributed by atoms with van der Waals surface area (Å²) in [4.78, 5) is 24.0. The molecule has 130 valence electrons. The summed E-state index contributed by atoms with van der Waals surface area (Å²) >= 11 is 0. The van der Waals surface area contributed by atoms with Crippen molar-refractivity contribution in [3.8, 4) is 16.9 Å². The molecule has 0 fully saturated rings. The number of hydrogen-bond acceptors (Lipinski definition) is 3. The van der Waals surface area contributed by atoms with Crippen LogP contribution in [0.25, 0.3) is 11.1 Å². The van der Waals surface area contributed by atoms with Crippen LogP contribution in [0.1, 0.15) is 31.8 Å². The molecule has 0 aromatic heterocycles. The lowest BCUT2D eigenvalue weighted by atomic mass is 9.91. The highest BCUT2D eigenvalue weighted by molar-refractivity contribution is 5.96. The van der Waals surface area contributed by atoms with Crippen LogP contribution < -0.4 is 4.74 Å². The lowest BCUT2D eigenvalue weighted by molar-refractivity contribution is 0.0693. The maximum absolute atomic E-state index is 12.6. The minimum Gasteiger partial charge on any atom is -0.478 e. The van der Waals surface area contributed by atoms with Gasteiger partial charge in [0.25, 0.3) is 0 Å². The molecule has 3 rings (SSSR count). The van der Waals surface area contributed by atoms with Crippen molar-refractivity contribution in [3.63, 3.8) is 0 Å². The van der Waals surface area contributed by atoms with Gasteiger partial charge < -0.3 is 9.84 Å². The number of hydrogen-bond donors (Lipinski definition) is 1. The summed E-state index contributed by atoms with van der Waals surface area (Å²) in [6, 6.07) is 19.4. The Hall–Kier alpha value is -3.40. The van der Waals surface area contributed by atoms with Crippen molar-refractivity contribution >= 4 is 11.9 Å². The van der Waals surface area contributed by atoms with Gasteiger partial charge in [0.05, 0.1) is 11.1 Å². The SMILES string of the molecule is Cc1c(C(=O)O)cccc1-c1cccc(C(=O)Oc2ccccc2)c1C. The third-order valence-corrected chi connectivity index (χ3v) is 4.36. The molecule has 26 heavy (non-hydrogen) atoms. The van der Waals surface area contributed by atoms with Gasteiger partial charge in [-0.05, 0) is 60.4 Å². The molecule has 0 heterocycles. The normalized spacial score (nSPS) is 10.4. The Labute approximate surface area is 151 Å². The van der Waals surface area contributed by atoms with E-state index in [-0.39, 0.29) is 5.56 Å². The molecule has 3 aromatic carbocycles. The second-order valence-corrected chi connectivity index (χ2v) is 5.96. The number of esters is 1. The molecule has 3 aromatic rings. The summed E-state index contributed by atoms with van der Waals surface area (Å²) in [6.45, 7) is 3.61. The summed E-state index contributed by atoms with van der Waals surface area (Å²) in [7, 11) is 0. The van der Waals surface area contributed by atoms with E-state index in [9.17, 15) is 14.7 Å². The van der Waals surface area contributed by atoms with E-state index in [0.717, 1.165) is 16.7 Å². The van der Waals surface area contributed by atoms with E-state index in [0.29, 0.717) is 16.9 Å². The molecule has 0 atom stereocenters. The summed E-state index contributed by atoms with van der Waals surface area (Å²) < 4.78 is 5.43. The molecular formula is C22H18O4. The van der Waals surface area contributed by atoms with Crippen LogP contribution in [0.3, 0.4) is 0 Å². The van der Waals surface area contributed by atoms with Crippen LogP contribution in [0.4, 0.5) is 0 Å². The fourth-order valence-electron chi connectivity index (χ4n) is 2.96. The number of carboxylic acids is 1. The molecule has 0 spiro atoms. The van der Waals surface area contributed by atoms with Crippen molar-refractivity contribution in [2.24, 2.45) is 0 Å². The number of ether oxygens (including phenoxy) is 1. The summed E-state index contributed by atoms with van der Waals surface area (Å²) in [6.07, 6.45) is 0. The van der Waals surface area contributed by atoms with Gasteiger partial charge in [0.15, 0.2) is 0 Å². The first-order valence-corrected chi connectivity index (χ1v) is 8.19. The van der Waals surface area contributed by atoms with Gasteiger partial charge in [0.2, 0.25) is 0 Å². The summed E-state index contributed by atoms with van der Waals surface area (Å²) in [5.74, 6) is -0.935. The summed E-state index contributed by atoms with van der Waals surface area (Å²) in [5.41, 5.74) is 3.71. The predicted octanol–water partition coefficient (Wildman–Crippen LogP) is 4.89. The van der Waals surface area contributed by atoms with E-state index in [1.54, 1.807) is 55.5 Å². The van der Waals surface area contributed by atoms with Gasteiger partial charge in [-0.1, -0.05) is 42.5 Å². The minimum absolute atomic E-state index is 0.249. The quantitative estimate of drug-likeness (QED) is 0.540. The molecule has 0 saturated heterocycles. The minimum atomic E-state index is -0.971. The van der Waals surface area contributed by atoms with Gasteiger partial charge >= 0.3 is 11.9 Å². The molecule has 0 bridgehead atoms. The van der Waals surface area contributed by atoms with Crippen LogP contribution in [0.5, 0.6) is 5.75 Å². The van der Waals surface area contributed by atoms with E-state index in [2.05, 4.69) is 0 Å². The molecule has 0 unspecified atom stereocenters. The average Bonchev–Trinajstić information content (AvgIpc) is 2.63. The number of carbonyl (C=O) groups excluding carboxylic acids is 1. The van der Waals surface area contributed by atoms with E-state index < -0.39 is 11.9 Å². The summed E-state index contributed by atoms with van der Waals surface area (Å²) in [5, 5.41) is 9.34. The second kappa shape index (κ2) is 7.23. The van der Waals surface area contributed by atoms with Crippen molar-refractivity contribution in [2.45, 2.75) is 13.8 Å². The zero-order chi connectivity index (χ0) is 18.7. The van der Waals surface area contributed by atoms with Crippen molar-refractivity contribution in [3.05, 3.63) is 89.0 Å². The third kappa shape index (κ3) is 3.35. The topological polar surface area (TPSA) is 63.6 Å². The Morgan fingerprint density at radius 1 is 0.731 bits per heavy atom. The highest BCUT2D eigenvalue weighted by Gasteiger charge is 2.17. The maximum Gasteiger partial charge on any atom is 0.343 e. The Balaban J connectivity index is 2.02. The molecule has 0 aliphatic rings. The van der Waals surface area contributed by atoms with Gasteiger partial charge in [0.1, 0.15) is 5.75 Å². The first-order chi connectivity index (χ1) is 12.5. The highest BCUT2D eigenvalue weighted by Crippen LogP contribution is 2.30. The molecule has 0 aliphatic carbocycles. The molecule has 0 saturated carbocycles. The fourth-order valence-corrected chi connectivity index (χ4v) is 2.96. The number of para-hydroxylation sites is 1. The predicted molar refractivity (Wildman–Crippen MR) is 99.7 cm³/mol. The molecule has 4 nitrogen and oxygen atoms in total. The average molecular weight is 346 g/mol. The second-order valence-electron chi connectivity index (χ2n) is 5.96. The van der Waals surface area contributed by atoms with Crippen LogP contribution in [-0.2, 0) is 0 Å². The lowest BCUT2D eigenvalue weighted by Gasteiger charge is -2.14.